The summed E-state index contributed by atoms with van der Waals surface area (Å²) in [5, 5.41) is 19.9. The molecule has 2 aromatic heterocycles. The van der Waals surface area contributed by atoms with Crippen molar-refractivity contribution in [3.63, 3.8) is 0 Å². The molecule has 30 heavy (non-hydrogen) atoms. The normalized spacial score (nSPS) is 12.4. The van der Waals surface area contributed by atoms with E-state index < -0.39 is 36.6 Å². The second-order valence-electron chi connectivity index (χ2n) is 5.73. The molecule has 0 aliphatic rings. The van der Waals surface area contributed by atoms with Crippen LogP contribution >= 0.6 is 11.3 Å². The molecule has 2 heterocycles. The molecule has 0 saturated carbocycles. The second-order valence-corrected chi connectivity index (χ2v) is 6.88. The van der Waals surface area contributed by atoms with Crippen molar-refractivity contribution >= 4 is 11.3 Å². The van der Waals surface area contributed by atoms with Crippen LogP contribution in [0.15, 0.2) is 36.5 Å². The molecule has 3 aromatic rings. The Morgan fingerprint density at radius 2 is 1.77 bits per heavy atom. The molecular formula is C18H13F5N2O4S. The first kappa shape index (κ1) is 21.9. The van der Waals surface area contributed by atoms with Gasteiger partial charge in [0.05, 0.1) is 17.2 Å². The van der Waals surface area contributed by atoms with Gasteiger partial charge in [-0.15, -0.1) is 11.3 Å². The van der Waals surface area contributed by atoms with E-state index in [1.807, 2.05) is 0 Å². The fraction of sp³-hybridized carbons (Fsp3) is 0.222. The Morgan fingerprint density at radius 3 is 2.40 bits per heavy atom. The lowest BCUT2D eigenvalue weighted by molar-refractivity contribution is -0.0501. The number of aliphatic hydroxyl groups excluding tert-OH is 2. The van der Waals surface area contributed by atoms with Gasteiger partial charge in [0.15, 0.2) is 5.75 Å². The summed E-state index contributed by atoms with van der Waals surface area (Å²) in [6.07, 6.45) is -0.0322. The number of aliphatic hydroxyl groups is 2. The van der Waals surface area contributed by atoms with Crippen molar-refractivity contribution in [2.24, 2.45) is 0 Å². The Kier molecular flexibility index (Phi) is 6.80. The highest BCUT2D eigenvalue weighted by atomic mass is 32.1. The zero-order chi connectivity index (χ0) is 21.8. The monoisotopic (exact) mass is 448 g/mol. The molecule has 0 aliphatic carbocycles. The van der Waals surface area contributed by atoms with Gasteiger partial charge in [-0.1, -0.05) is 0 Å². The van der Waals surface area contributed by atoms with Crippen LogP contribution in [0.3, 0.4) is 0 Å². The maximum absolute atomic E-state index is 13.9. The van der Waals surface area contributed by atoms with Gasteiger partial charge >= 0.3 is 13.2 Å². The predicted octanol–water partition coefficient (Wildman–Crippen LogP) is 4.12. The third-order valence-corrected chi connectivity index (χ3v) is 4.76. The van der Waals surface area contributed by atoms with Crippen LogP contribution in [0.1, 0.15) is 21.7 Å². The van der Waals surface area contributed by atoms with Gasteiger partial charge in [-0.05, 0) is 24.3 Å². The summed E-state index contributed by atoms with van der Waals surface area (Å²) in [7, 11) is 0. The Bertz CT molecular complexity index is 1020. The molecular weight excluding hydrogens is 435 g/mol. The van der Waals surface area contributed by atoms with E-state index >= 15 is 0 Å². The van der Waals surface area contributed by atoms with Gasteiger partial charge in [0.25, 0.3) is 0 Å². The standard InChI is InChI=1S/C18H13F5N2O4S/c19-9-3-8(4-10(5-9)28-17(20)21)15-12(29-18(22)23)2-1-11(25-15)16(27)13-6-24-14(7-26)30-13/h1-6,16-18,26-27H,7H2/t16-/m1/s1. The fourth-order valence-corrected chi connectivity index (χ4v) is 3.33. The molecule has 0 bridgehead atoms. The molecule has 0 spiro atoms. The fourth-order valence-electron chi connectivity index (χ4n) is 2.55. The minimum absolute atomic E-state index is 0.0275. The Balaban J connectivity index is 2.07. The average molecular weight is 448 g/mol. The van der Waals surface area contributed by atoms with Crippen molar-refractivity contribution in [2.45, 2.75) is 25.9 Å². The first-order chi connectivity index (χ1) is 14.3. The maximum atomic E-state index is 13.9. The van der Waals surface area contributed by atoms with Gasteiger partial charge in [0.2, 0.25) is 0 Å². The smallest absolute Gasteiger partial charge is 0.387 e. The summed E-state index contributed by atoms with van der Waals surface area (Å²) in [6, 6.07) is 4.82. The van der Waals surface area contributed by atoms with E-state index in [1.54, 1.807) is 0 Å². The third kappa shape index (κ3) is 5.20. The van der Waals surface area contributed by atoms with Crippen LogP contribution in [0.2, 0.25) is 0 Å². The minimum atomic E-state index is -3.24. The Morgan fingerprint density at radius 1 is 1.03 bits per heavy atom. The molecule has 6 nitrogen and oxygen atoms in total. The number of aromatic nitrogens is 2. The van der Waals surface area contributed by atoms with E-state index in [-0.39, 0.29) is 23.6 Å². The largest absolute Gasteiger partial charge is 0.435 e. The number of ether oxygens (including phenoxy) is 2. The van der Waals surface area contributed by atoms with Crippen molar-refractivity contribution in [1.82, 2.24) is 9.97 Å². The quantitative estimate of drug-likeness (QED) is 0.505. The van der Waals surface area contributed by atoms with Crippen molar-refractivity contribution in [1.29, 1.82) is 0 Å². The maximum Gasteiger partial charge on any atom is 0.387 e. The predicted molar refractivity (Wildman–Crippen MR) is 95.0 cm³/mol. The lowest BCUT2D eigenvalue weighted by Crippen LogP contribution is -2.08. The summed E-state index contributed by atoms with van der Waals surface area (Å²) < 4.78 is 73.0. The van der Waals surface area contributed by atoms with Crippen molar-refractivity contribution in [2.75, 3.05) is 0 Å². The van der Waals surface area contributed by atoms with Crippen molar-refractivity contribution < 1.29 is 41.6 Å². The number of nitrogens with zero attached hydrogens (tertiary/aromatic N) is 2. The number of hydrogen-bond donors (Lipinski definition) is 2. The van der Waals surface area contributed by atoms with Crippen LogP contribution in [0.25, 0.3) is 11.3 Å². The van der Waals surface area contributed by atoms with Gasteiger partial charge in [0, 0.05) is 17.8 Å². The topological polar surface area (TPSA) is 84.7 Å². The number of hydrogen-bond acceptors (Lipinski definition) is 7. The second kappa shape index (κ2) is 9.32. The number of rotatable bonds is 8. The molecule has 0 radical (unpaired) electrons. The summed E-state index contributed by atoms with van der Waals surface area (Å²) in [4.78, 5) is 8.26. The summed E-state index contributed by atoms with van der Waals surface area (Å²) in [6.45, 7) is -6.81. The summed E-state index contributed by atoms with van der Waals surface area (Å²) >= 11 is 0.998. The highest BCUT2D eigenvalue weighted by Gasteiger charge is 2.21. The SMILES string of the molecule is OCc1ncc([C@H](O)c2ccc(OC(F)F)c(-c3cc(F)cc(OC(F)F)c3)n2)s1. The van der Waals surface area contributed by atoms with Crippen LogP contribution < -0.4 is 9.47 Å². The van der Waals surface area contributed by atoms with E-state index in [0.29, 0.717) is 16.0 Å². The molecule has 0 fully saturated rings. The van der Waals surface area contributed by atoms with Gasteiger partial charge < -0.3 is 19.7 Å². The molecule has 0 aliphatic heterocycles. The van der Waals surface area contributed by atoms with E-state index in [1.165, 1.54) is 12.3 Å². The zero-order valence-corrected chi connectivity index (χ0v) is 15.6. The molecule has 0 saturated heterocycles. The van der Waals surface area contributed by atoms with Gasteiger partial charge in [-0.3, -0.25) is 0 Å². The number of alkyl halides is 4. The zero-order valence-electron chi connectivity index (χ0n) is 14.8. The van der Waals surface area contributed by atoms with Crippen LogP contribution in [0.4, 0.5) is 22.0 Å². The molecule has 3 rings (SSSR count). The van der Waals surface area contributed by atoms with Gasteiger partial charge in [-0.2, -0.15) is 17.6 Å². The summed E-state index contributed by atoms with van der Waals surface area (Å²) in [5.41, 5.74) is -0.534. The molecule has 1 aromatic carbocycles. The van der Waals surface area contributed by atoms with Crippen molar-refractivity contribution in [3.8, 4) is 22.8 Å². The molecule has 2 N–H and O–H groups in total. The number of benzene rings is 1. The lowest BCUT2D eigenvalue weighted by Gasteiger charge is -2.15. The van der Waals surface area contributed by atoms with E-state index in [4.69, 9.17) is 5.11 Å². The highest BCUT2D eigenvalue weighted by molar-refractivity contribution is 7.11. The highest BCUT2D eigenvalue weighted by Crippen LogP contribution is 2.35. The number of pyridine rings is 1. The van der Waals surface area contributed by atoms with E-state index in [9.17, 15) is 27.1 Å². The van der Waals surface area contributed by atoms with E-state index in [0.717, 1.165) is 29.5 Å². The molecule has 0 amide bonds. The number of halogens is 5. The van der Waals surface area contributed by atoms with Crippen LogP contribution in [0.5, 0.6) is 11.5 Å². The Labute approximate surface area is 170 Å². The minimum Gasteiger partial charge on any atom is -0.435 e. The summed E-state index contributed by atoms with van der Waals surface area (Å²) in [5.74, 6) is -1.99. The van der Waals surface area contributed by atoms with Crippen molar-refractivity contribution in [3.05, 3.63) is 57.9 Å². The lowest BCUT2D eigenvalue weighted by atomic mass is 10.1. The third-order valence-electron chi connectivity index (χ3n) is 3.72. The Hall–Kier alpha value is -2.83. The molecule has 12 heteroatoms. The van der Waals surface area contributed by atoms with Gasteiger partial charge in [0.1, 0.15) is 28.4 Å². The average Bonchev–Trinajstić information content (AvgIpc) is 3.15. The first-order valence-electron chi connectivity index (χ1n) is 8.22. The van der Waals surface area contributed by atoms with Crippen LogP contribution in [-0.4, -0.2) is 33.4 Å². The van der Waals surface area contributed by atoms with Crippen LogP contribution in [0, 0.1) is 5.82 Å². The number of thiazole rings is 1. The molecule has 1 atom stereocenters. The molecule has 0 unspecified atom stereocenters. The first-order valence-corrected chi connectivity index (χ1v) is 9.03. The van der Waals surface area contributed by atoms with Gasteiger partial charge in [-0.25, -0.2) is 14.4 Å². The van der Waals surface area contributed by atoms with Crippen LogP contribution in [-0.2, 0) is 6.61 Å². The van der Waals surface area contributed by atoms with E-state index in [2.05, 4.69) is 19.4 Å². The molecule has 160 valence electrons.